The van der Waals surface area contributed by atoms with Crippen LogP contribution in [0.4, 0.5) is 0 Å². The lowest BCUT2D eigenvalue weighted by Gasteiger charge is -2.24. The average Bonchev–Trinajstić information content (AvgIpc) is 3.44. The second-order valence-corrected chi connectivity index (χ2v) is 18.3. The third-order valence-electron chi connectivity index (χ3n) is 10.2. The van der Waals surface area contributed by atoms with E-state index in [2.05, 4.69) is 50.3 Å². The first-order chi connectivity index (χ1) is 28.2. The molecule has 0 saturated heterocycles. The number of Topliss-reactive ketones (excluding diaryl/α,β-unsaturated/α-hetero) is 1. The number of quaternary nitrogens is 1. The van der Waals surface area contributed by atoms with E-state index in [4.69, 9.17) is 18.5 Å². The number of aliphatic hydroxyl groups is 2. The first kappa shape index (κ1) is 54.6. The zero-order chi connectivity index (χ0) is 43.8. The maximum absolute atomic E-state index is 12.7. The molecular weight excluding hydrogens is 773 g/mol. The van der Waals surface area contributed by atoms with Crippen molar-refractivity contribution in [1.82, 2.24) is 0 Å². The number of ether oxygens (including phenoxy) is 2. The van der Waals surface area contributed by atoms with E-state index in [0.717, 1.165) is 70.6 Å². The minimum atomic E-state index is -4.45. The van der Waals surface area contributed by atoms with Gasteiger partial charge in [0.2, 0.25) is 0 Å². The van der Waals surface area contributed by atoms with Crippen molar-refractivity contribution in [3.05, 3.63) is 48.6 Å². The summed E-state index contributed by atoms with van der Waals surface area (Å²) in [5.41, 5.74) is 0. The Morgan fingerprint density at radius 3 is 2.05 bits per heavy atom. The zero-order valence-corrected chi connectivity index (χ0v) is 38.1. The van der Waals surface area contributed by atoms with Crippen LogP contribution >= 0.6 is 7.82 Å². The van der Waals surface area contributed by atoms with Crippen LogP contribution in [0.1, 0.15) is 149 Å². The second-order valence-electron chi connectivity index (χ2n) is 16.9. The molecule has 0 radical (unpaired) electrons. The molecule has 0 amide bonds. The summed E-state index contributed by atoms with van der Waals surface area (Å²) in [4.78, 5) is 48.1. The number of carbonyl (C=O) groups excluding carboxylic acids is 3. The van der Waals surface area contributed by atoms with Crippen LogP contribution in [-0.4, -0.2) is 103 Å². The average molecular weight is 855 g/mol. The monoisotopic (exact) mass is 855 g/mol. The van der Waals surface area contributed by atoms with Crippen molar-refractivity contribution in [2.24, 2.45) is 11.8 Å². The summed E-state index contributed by atoms with van der Waals surface area (Å²) < 4.78 is 34.2. The predicted molar refractivity (Wildman–Crippen MR) is 234 cm³/mol. The van der Waals surface area contributed by atoms with Crippen LogP contribution in [0.5, 0.6) is 0 Å². The number of ketones is 1. The molecule has 1 aliphatic carbocycles. The van der Waals surface area contributed by atoms with Gasteiger partial charge in [-0.2, -0.15) is 0 Å². The lowest BCUT2D eigenvalue weighted by atomic mass is 9.88. The Kier molecular flexibility index (Phi) is 30.7. The van der Waals surface area contributed by atoms with Crippen LogP contribution < -0.4 is 0 Å². The number of esters is 2. The number of unbranched alkanes of at least 4 members (excludes halogenated alkanes) is 10. The molecule has 3 N–H and O–H groups in total. The third-order valence-corrected chi connectivity index (χ3v) is 11.2. The van der Waals surface area contributed by atoms with E-state index in [9.17, 15) is 34.1 Å². The standard InChI is InChI=1S/C46H80NO11P/c1-6-8-10-11-12-13-14-15-16-17-18-19-20-21-27-31-46(52)58-40(38-57-59(53,54)56-35-34-47(3,4)5)37-55-45(51)30-26-23-22-25-29-41-42(44(50)36-43(41)49)33-32-39(48)28-24-9-7-2/h12-13,15-16,18-19,32-33,39-42,44,48,50H,6-11,14,17,20-31,34-38H2,1-5H3/p+1/b13-12-,16-15-,19-18-,33-32+/t39-,40+,41+,42+,44+/m0/s1. The van der Waals surface area contributed by atoms with Gasteiger partial charge in [0, 0.05) is 31.1 Å². The number of phosphoric ester groups is 1. The highest BCUT2D eigenvalue weighted by molar-refractivity contribution is 7.47. The van der Waals surface area contributed by atoms with Gasteiger partial charge >= 0.3 is 19.8 Å². The van der Waals surface area contributed by atoms with E-state index in [1.807, 2.05) is 27.2 Å². The van der Waals surface area contributed by atoms with Crippen molar-refractivity contribution in [1.29, 1.82) is 0 Å². The maximum atomic E-state index is 12.7. The molecule has 0 aliphatic heterocycles. The van der Waals surface area contributed by atoms with Gasteiger partial charge in [-0.15, -0.1) is 0 Å². The highest BCUT2D eigenvalue weighted by Crippen LogP contribution is 2.43. The molecule has 1 saturated carbocycles. The third kappa shape index (κ3) is 30.3. The van der Waals surface area contributed by atoms with E-state index in [0.29, 0.717) is 36.7 Å². The molecule has 1 aliphatic rings. The van der Waals surface area contributed by atoms with Gasteiger partial charge < -0.3 is 29.1 Å². The van der Waals surface area contributed by atoms with Crippen molar-refractivity contribution in [3.8, 4) is 0 Å². The molecule has 1 fully saturated rings. The summed E-state index contributed by atoms with van der Waals surface area (Å²) in [5.74, 6) is -1.53. The van der Waals surface area contributed by atoms with Crippen LogP contribution in [0, 0.1) is 11.8 Å². The molecule has 6 atom stereocenters. The number of allylic oxidation sites excluding steroid dienone is 6. The van der Waals surface area contributed by atoms with Crippen LogP contribution in [0.25, 0.3) is 0 Å². The lowest BCUT2D eigenvalue weighted by molar-refractivity contribution is -0.870. The van der Waals surface area contributed by atoms with Gasteiger partial charge in [-0.25, -0.2) is 4.57 Å². The molecule has 340 valence electrons. The van der Waals surface area contributed by atoms with Crippen LogP contribution in [-0.2, 0) is 37.5 Å². The second kappa shape index (κ2) is 33.2. The minimum Gasteiger partial charge on any atom is -0.462 e. The van der Waals surface area contributed by atoms with Crippen molar-refractivity contribution in [3.63, 3.8) is 0 Å². The van der Waals surface area contributed by atoms with Gasteiger partial charge in [0.15, 0.2) is 6.10 Å². The van der Waals surface area contributed by atoms with Crippen LogP contribution in [0.2, 0.25) is 0 Å². The Morgan fingerprint density at radius 1 is 0.797 bits per heavy atom. The van der Waals surface area contributed by atoms with Gasteiger partial charge in [0.25, 0.3) is 0 Å². The normalized spacial score (nSPS) is 19.7. The molecule has 12 nitrogen and oxygen atoms in total. The number of phosphoric acid groups is 1. The van der Waals surface area contributed by atoms with Gasteiger partial charge in [0.05, 0.1) is 40.0 Å². The fraction of sp³-hybridized carbons (Fsp3) is 0.761. The van der Waals surface area contributed by atoms with Crippen molar-refractivity contribution < 1.29 is 57.1 Å². The van der Waals surface area contributed by atoms with E-state index < -0.39 is 44.7 Å². The van der Waals surface area contributed by atoms with Gasteiger partial charge in [-0.1, -0.05) is 114 Å². The molecule has 0 aromatic carbocycles. The number of carbonyl (C=O) groups is 3. The van der Waals surface area contributed by atoms with E-state index in [1.165, 1.54) is 19.3 Å². The van der Waals surface area contributed by atoms with Gasteiger partial charge in [0.1, 0.15) is 25.5 Å². The number of hydrogen-bond donors (Lipinski definition) is 3. The molecule has 0 bridgehead atoms. The first-order valence-corrected chi connectivity index (χ1v) is 24.0. The molecule has 1 rings (SSSR count). The fourth-order valence-electron chi connectivity index (χ4n) is 6.62. The number of hydrogen-bond acceptors (Lipinski definition) is 10. The van der Waals surface area contributed by atoms with Crippen LogP contribution in [0.3, 0.4) is 0 Å². The highest BCUT2D eigenvalue weighted by Gasteiger charge is 2.39. The molecule has 0 spiro atoms. The molecule has 0 aromatic heterocycles. The minimum absolute atomic E-state index is 0.0160. The summed E-state index contributed by atoms with van der Waals surface area (Å²) in [6, 6.07) is 0. The Labute approximate surface area is 356 Å². The summed E-state index contributed by atoms with van der Waals surface area (Å²) in [5, 5.41) is 20.7. The van der Waals surface area contributed by atoms with Gasteiger partial charge in [-0.3, -0.25) is 23.4 Å². The van der Waals surface area contributed by atoms with E-state index in [-0.39, 0.29) is 50.1 Å². The largest absolute Gasteiger partial charge is 0.472 e. The van der Waals surface area contributed by atoms with Crippen molar-refractivity contribution in [2.75, 3.05) is 47.5 Å². The molecule has 59 heavy (non-hydrogen) atoms. The number of aliphatic hydroxyl groups excluding tert-OH is 2. The Balaban J connectivity index is 2.50. The summed E-state index contributed by atoms with van der Waals surface area (Å²) >= 11 is 0. The van der Waals surface area contributed by atoms with Crippen molar-refractivity contribution in [2.45, 2.75) is 167 Å². The van der Waals surface area contributed by atoms with Crippen molar-refractivity contribution >= 4 is 25.5 Å². The summed E-state index contributed by atoms with van der Waals surface area (Å²) in [6.07, 6.45) is 30.6. The molecule has 1 unspecified atom stereocenters. The number of nitrogens with zero attached hydrogens (tertiary/aromatic N) is 1. The highest BCUT2D eigenvalue weighted by atomic mass is 31.2. The Bertz CT molecular complexity index is 1310. The molecular formula is C46H81NO11P+. The number of likely N-dealkylation sites (N-methyl/N-ethyl adjacent to an activating group) is 1. The summed E-state index contributed by atoms with van der Waals surface area (Å²) in [7, 11) is 1.31. The Morgan fingerprint density at radius 2 is 1.39 bits per heavy atom. The maximum Gasteiger partial charge on any atom is 0.472 e. The molecule has 0 aromatic rings. The summed E-state index contributed by atoms with van der Waals surface area (Å²) in [6.45, 7) is 3.96. The van der Waals surface area contributed by atoms with E-state index >= 15 is 0 Å². The van der Waals surface area contributed by atoms with E-state index in [1.54, 1.807) is 6.08 Å². The lowest BCUT2D eigenvalue weighted by Crippen LogP contribution is -2.37. The zero-order valence-electron chi connectivity index (χ0n) is 37.2. The molecule has 0 heterocycles. The smallest absolute Gasteiger partial charge is 0.462 e. The quantitative estimate of drug-likeness (QED) is 0.0181. The SMILES string of the molecule is CCCCC/C=C\C/C=C\C/C=C\CCCCC(=O)O[C@H](COC(=O)CCCCCC[C@H]1C(=O)C[C@@H](O)[C@@H]1/C=C/[C@@H](O)CCCCC)COP(=O)(O)OCC[N+](C)(C)C. The van der Waals surface area contributed by atoms with Gasteiger partial charge in [-0.05, 0) is 64.2 Å². The number of rotatable bonds is 36. The van der Waals surface area contributed by atoms with Crippen LogP contribution in [0.15, 0.2) is 48.6 Å². The topological polar surface area (TPSA) is 166 Å². The Hall–Kier alpha value is -2.44. The molecule has 13 heteroatoms. The predicted octanol–water partition coefficient (Wildman–Crippen LogP) is 9.27. The first-order valence-electron chi connectivity index (χ1n) is 22.5. The fourth-order valence-corrected chi connectivity index (χ4v) is 7.36.